The fraction of sp³-hybridized carbons (Fsp3) is 0.500. The molecule has 0 radical (unpaired) electrons. The molecule has 0 aliphatic carbocycles. The van der Waals surface area contributed by atoms with E-state index >= 15 is 0 Å². The summed E-state index contributed by atoms with van der Waals surface area (Å²) in [6, 6.07) is 8.15. The van der Waals surface area contributed by atoms with Crippen LogP contribution in [0.5, 0.6) is 0 Å². The Balaban J connectivity index is 2.25. The van der Waals surface area contributed by atoms with Gasteiger partial charge >= 0.3 is 0 Å². The van der Waals surface area contributed by atoms with Gasteiger partial charge in [-0.05, 0) is 17.5 Å². The van der Waals surface area contributed by atoms with Crippen LogP contribution in [0.25, 0.3) is 0 Å². The molecule has 2 rings (SSSR count). The zero-order valence-corrected chi connectivity index (χ0v) is 10.6. The molecule has 0 aromatic heterocycles. The third kappa shape index (κ3) is 2.86. The minimum absolute atomic E-state index is 0.233. The molecule has 1 aliphatic heterocycles. The van der Waals surface area contributed by atoms with Gasteiger partial charge in [0.2, 0.25) is 5.91 Å². The molecule has 92 valence electrons. The van der Waals surface area contributed by atoms with E-state index in [9.17, 15) is 4.79 Å². The van der Waals surface area contributed by atoms with Crippen LogP contribution >= 0.6 is 0 Å². The van der Waals surface area contributed by atoms with Gasteiger partial charge in [0.25, 0.3) is 0 Å². The van der Waals surface area contributed by atoms with E-state index in [4.69, 9.17) is 0 Å². The largest absolute Gasteiger partial charge is 0.311 e. The van der Waals surface area contributed by atoms with Gasteiger partial charge in [-0.15, -0.1) is 0 Å². The molecule has 3 heteroatoms. The van der Waals surface area contributed by atoms with Crippen molar-refractivity contribution in [1.29, 1.82) is 0 Å². The Morgan fingerprint density at radius 1 is 1.41 bits per heavy atom. The number of nitrogens with zero attached hydrogens (tertiary/aromatic N) is 1. The first-order chi connectivity index (χ1) is 8.18. The van der Waals surface area contributed by atoms with E-state index in [-0.39, 0.29) is 5.91 Å². The third-order valence-corrected chi connectivity index (χ3v) is 2.99. The fourth-order valence-corrected chi connectivity index (χ4v) is 2.18. The molecule has 0 fully saturated rings. The van der Waals surface area contributed by atoms with Crippen molar-refractivity contribution in [2.24, 2.45) is 5.92 Å². The lowest BCUT2D eigenvalue weighted by molar-refractivity contribution is -0.119. The Hall–Kier alpha value is -1.35. The van der Waals surface area contributed by atoms with Gasteiger partial charge in [0.15, 0.2) is 0 Å². The molecule has 0 saturated heterocycles. The first-order valence-corrected chi connectivity index (χ1v) is 6.27. The van der Waals surface area contributed by atoms with Crippen molar-refractivity contribution >= 4 is 11.6 Å². The quantitative estimate of drug-likeness (QED) is 0.847. The molecule has 0 bridgehead atoms. The molecule has 0 saturated carbocycles. The lowest BCUT2D eigenvalue weighted by atomic mass is 10.1. The van der Waals surface area contributed by atoms with Gasteiger partial charge in [-0.1, -0.05) is 32.0 Å². The first-order valence-electron chi connectivity index (χ1n) is 6.27. The van der Waals surface area contributed by atoms with Crippen LogP contribution in [-0.4, -0.2) is 19.0 Å². The lowest BCUT2D eigenvalue weighted by Crippen LogP contribution is -2.35. The fourth-order valence-electron chi connectivity index (χ4n) is 2.18. The molecule has 1 N–H and O–H groups in total. The van der Waals surface area contributed by atoms with Crippen molar-refractivity contribution in [2.75, 3.05) is 18.0 Å². The van der Waals surface area contributed by atoms with E-state index in [1.165, 1.54) is 5.56 Å². The lowest BCUT2D eigenvalue weighted by Gasteiger charge is -2.23. The van der Waals surface area contributed by atoms with Gasteiger partial charge in [-0.25, -0.2) is 0 Å². The first kappa shape index (κ1) is 12.1. The van der Waals surface area contributed by atoms with Crippen LogP contribution in [0.4, 0.5) is 5.69 Å². The van der Waals surface area contributed by atoms with Crippen molar-refractivity contribution in [2.45, 2.75) is 26.8 Å². The van der Waals surface area contributed by atoms with E-state index < -0.39 is 0 Å². The Bertz CT molecular complexity index is 401. The highest BCUT2D eigenvalue weighted by Gasteiger charge is 2.20. The highest BCUT2D eigenvalue weighted by Crippen LogP contribution is 2.23. The maximum absolute atomic E-state index is 12.2. The number of para-hydroxylation sites is 1. The van der Waals surface area contributed by atoms with Gasteiger partial charge in [0.1, 0.15) is 0 Å². The zero-order chi connectivity index (χ0) is 12.3. The van der Waals surface area contributed by atoms with E-state index in [2.05, 4.69) is 25.2 Å². The van der Waals surface area contributed by atoms with Crippen molar-refractivity contribution in [3.8, 4) is 0 Å². The van der Waals surface area contributed by atoms with Gasteiger partial charge in [-0.2, -0.15) is 0 Å². The number of carbonyl (C=O) groups is 1. The van der Waals surface area contributed by atoms with Crippen LogP contribution in [0.1, 0.15) is 25.8 Å². The van der Waals surface area contributed by atoms with Gasteiger partial charge in [0.05, 0.1) is 0 Å². The van der Waals surface area contributed by atoms with Crippen LogP contribution < -0.4 is 10.2 Å². The third-order valence-electron chi connectivity index (χ3n) is 2.99. The van der Waals surface area contributed by atoms with Crippen LogP contribution in [0.15, 0.2) is 24.3 Å². The number of fused-ring (bicyclic) bond motifs is 1. The van der Waals surface area contributed by atoms with Crippen LogP contribution in [0.3, 0.4) is 0 Å². The Morgan fingerprint density at radius 2 is 2.18 bits per heavy atom. The summed E-state index contributed by atoms with van der Waals surface area (Å²) in [5.41, 5.74) is 2.28. The predicted octanol–water partition coefficient (Wildman–Crippen LogP) is 2.17. The summed E-state index contributed by atoms with van der Waals surface area (Å²) in [6.07, 6.45) is 0.619. The van der Waals surface area contributed by atoms with E-state index in [1.54, 1.807) is 0 Å². The normalized spacial score (nSPS) is 15.6. The smallest absolute Gasteiger partial charge is 0.227 e. The molecule has 1 aromatic carbocycles. The summed E-state index contributed by atoms with van der Waals surface area (Å²) in [5, 5.41) is 3.35. The maximum Gasteiger partial charge on any atom is 0.227 e. The monoisotopic (exact) mass is 232 g/mol. The number of benzene rings is 1. The summed E-state index contributed by atoms with van der Waals surface area (Å²) < 4.78 is 0. The summed E-state index contributed by atoms with van der Waals surface area (Å²) >= 11 is 0. The van der Waals surface area contributed by atoms with E-state index in [0.717, 1.165) is 25.3 Å². The van der Waals surface area contributed by atoms with Gasteiger partial charge in [-0.3, -0.25) is 4.79 Å². The summed E-state index contributed by atoms with van der Waals surface area (Å²) in [7, 11) is 0. The molecular weight excluding hydrogens is 212 g/mol. The standard InChI is InChI=1S/C14H20N2O/c1-11(2)9-14(17)16-8-7-15-10-12-5-3-4-6-13(12)16/h3-6,11,15H,7-10H2,1-2H3. The second-order valence-electron chi connectivity index (χ2n) is 4.95. The molecule has 17 heavy (non-hydrogen) atoms. The summed E-state index contributed by atoms with van der Waals surface area (Å²) in [5.74, 6) is 0.641. The molecule has 0 unspecified atom stereocenters. The van der Waals surface area contributed by atoms with Crippen molar-refractivity contribution < 1.29 is 4.79 Å². The Morgan fingerprint density at radius 3 is 2.94 bits per heavy atom. The highest BCUT2D eigenvalue weighted by atomic mass is 16.2. The predicted molar refractivity (Wildman–Crippen MR) is 70.0 cm³/mol. The van der Waals surface area contributed by atoms with Crippen LogP contribution in [0.2, 0.25) is 0 Å². The number of anilines is 1. The molecular formula is C14H20N2O. The molecule has 0 atom stereocenters. The van der Waals surface area contributed by atoms with Gasteiger partial charge in [0, 0.05) is 31.7 Å². The highest BCUT2D eigenvalue weighted by molar-refractivity contribution is 5.94. The molecule has 0 spiro atoms. The number of hydrogen-bond acceptors (Lipinski definition) is 2. The minimum Gasteiger partial charge on any atom is -0.311 e. The molecule has 3 nitrogen and oxygen atoms in total. The molecule has 1 aliphatic rings. The van der Waals surface area contributed by atoms with Crippen molar-refractivity contribution in [3.05, 3.63) is 29.8 Å². The molecule has 1 amide bonds. The number of amides is 1. The Labute approximate surface area is 103 Å². The average molecular weight is 232 g/mol. The minimum atomic E-state index is 0.233. The zero-order valence-electron chi connectivity index (χ0n) is 10.6. The van der Waals surface area contributed by atoms with E-state index in [0.29, 0.717) is 12.3 Å². The maximum atomic E-state index is 12.2. The Kier molecular flexibility index (Phi) is 3.79. The SMILES string of the molecule is CC(C)CC(=O)N1CCNCc2ccccc21. The topological polar surface area (TPSA) is 32.3 Å². The second kappa shape index (κ2) is 5.32. The van der Waals surface area contributed by atoms with Gasteiger partial charge < -0.3 is 10.2 Å². The van der Waals surface area contributed by atoms with E-state index in [1.807, 2.05) is 23.1 Å². The number of hydrogen-bond donors (Lipinski definition) is 1. The number of carbonyl (C=O) groups excluding carboxylic acids is 1. The number of rotatable bonds is 2. The summed E-state index contributed by atoms with van der Waals surface area (Å²) in [6.45, 7) is 6.64. The number of nitrogens with one attached hydrogen (secondary N) is 1. The second-order valence-corrected chi connectivity index (χ2v) is 4.95. The average Bonchev–Trinajstić information content (AvgIpc) is 2.50. The van der Waals surface area contributed by atoms with Crippen LogP contribution in [-0.2, 0) is 11.3 Å². The molecule has 1 heterocycles. The summed E-state index contributed by atoms with van der Waals surface area (Å²) in [4.78, 5) is 14.1. The van der Waals surface area contributed by atoms with Crippen LogP contribution in [0, 0.1) is 5.92 Å². The van der Waals surface area contributed by atoms with Crippen molar-refractivity contribution in [1.82, 2.24) is 5.32 Å². The van der Waals surface area contributed by atoms with Crippen molar-refractivity contribution in [3.63, 3.8) is 0 Å². The molecule has 1 aromatic rings.